The van der Waals surface area contributed by atoms with Gasteiger partial charge in [0.25, 0.3) is 0 Å². The van der Waals surface area contributed by atoms with Gasteiger partial charge in [0.15, 0.2) is 0 Å². The molecule has 84 valence electrons. The third-order valence-electron chi connectivity index (χ3n) is 3.13. The van der Waals surface area contributed by atoms with Crippen molar-refractivity contribution in [3.63, 3.8) is 0 Å². The summed E-state index contributed by atoms with van der Waals surface area (Å²) in [6.45, 7) is 9.03. The van der Waals surface area contributed by atoms with Gasteiger partial charge in [0.2, 0.25) is 0 Å². The molecule has 0 aromatic carbocycles. The van der Waals surface area contributed by atoms with Crippen molar-refractivity contribution < 1.29 is 0 Å². The van der Waals surface area contributed by atoms with Crippen LogP contribution in [0, 0.1) is 5.41 Å². The molecule has 14 heavy (non-hydrogen) atoms. The first-order valence-corrected chi connectivity index (χ1v) is 5.91. The van der Waals surface area contributed by atoms with E-state index in [2.05, 4.69) is 26.1 Å². The van der Waals surface area contributed by atoms with Gasteiger partial charge in [-0.25, -0.2) is 0 Å². The zero-order chi connectivity index (χ0) is 10.7. The Morgan fingerprint density at radius 1 is 1.29 bits per heavy atom. The standard InChI is InChI=1S/C12H26N2/c1-11(2,3)7-8-12(13)6-4-5-9-14-10-12/h14H,4-10,13H2,1-3H3. The summed E-state index contributed by atoms with van der Waals surface area (Å²) < 4.78 is 0. The van der Waals surface area contributed by atoms with Crippen molar-refractivity contribution in [3.8, 4) is 0 Å². The molecule has 0 bridgehead atoms. The second-order valence-corrected chi connectivity index (χ2v) is 6.06. The van der Waals surface area contributed by atoms with E-state index in [0.717, 1.165) is 19.5 Å². The van der Waals surface area contributed by atoms with E-state index < -0.39 is 0 Å². The Morgan fingerprint density at radius 2 is 2.00 bits per heavy atom. The van der Waals surface area contributed by atoms with Gasteiger partial charge in [0.1, 0.15) is 0 Å². The van der Waals surface area contributed by atoms with E-state index in [4.69, 9.17) is 5.73 Å². The molecule has 0 saturated carbocycles. The number of rotatable bonds is 2. The van der Waals surface area contributed by atoms with Crippen molar-refractivity contribution in [2.45, 2.75) is 58.4 Å². The fourth-order valence-corrected chi connectivity index (χ4v) is 1.99. The van der Waals surface area contributed by atoms with Crippen LogP contribution < -0.4 is 11.1 Å². The predicted molar refractivity (Wildman–Crippen MR) is 62.3 cm³/mol. The zero-order valence-corrected chi connectivity index (χ0v) is 10.0. The van der Waals surface area contributed by atoms with Gasteiger partial charge in [-0.3, -0.25) is 0 Å². The van der Waals surface area contributed by atoms with Gasteiger partial charge >= 0.3 is 0 Å². The number of hydrogen-bond acceptors (Lipinski definition) is 2. The minimum atomic E-state index is 0.0593. The Morgan fingerprint density at radius 3 is 2.64 bits per heavy atom. The summed E-state index contributed by atoms with van der Waals surface area (Å²) in [6.07, 6.45) is 6.15. The highest BCUT2D eigenvalue weighted by Crippen LogP contribution is 2.27. The van der Waals surface area contributed by atoms with Gasteiger partial charge in [-0.05, 0) is 37.6 Å². The smallest absolute Gasteiger partial charge is 0.0281 e. The van der Waals surface area contributed by atoms with Crippen LogP contribution in [0.3, 0.4) is 0 Å². The molecular weight excluding hydrogens is 172 g/mol. The van der Waals surface area contributed by atoms with Crippen LogP contribution in [0.4, 0.5) is 0 Å². The maximum absolute atomic E-state index is 6.40. The molecule has 1 fully saturated rings. The fraction of sp³-hybridized carbons (Fsp3) is 1.00. The molecule has 1 saturated heterocycles. The van der Waals surface area contributed by atoms with E-state index in [1.165, 1.54) is 25.7 Å². The van der Waals surface area contributed by atoms with E-state index in [-0.39, 0.29) is 5.54 Å². The minimum absolute atomic E-state index is 0.0593. The molecule has 1 atom stereocenters. The molecule has 1 aliphatic heterocycles. The molecule has 3 N–H and O–H groups in total. The molecular formula is C12H26N2. The van der Waals surface area contributed by atoms with E-state index in [0.29, 0.717) is 5.41 Å². The van der Waals surface area contributed by atoms with Gasteiger partial charge < -0.3 is 11.1 Å². The summed E-state index contributed by atoms with van der Waals surface area (Å²) in [7, 11) is 0. The first-order chi connectivity index (χ1) is 6.41. The van der Waals surface area contributed by atoms with Crippen LogP contribution in [-0.4, -0.2) is 18.6 Å². The lowest BCUT2D eigenvalue weighted by molar-refractivity contribution is 0.278. The second-order valence-electron chi connectivity index (χ2n) is 6.06. The SMILES string of the molecule is CC(C)(C)CCC1(N)CCCCNC1. The van der Waals surface area contributed by atoms with Crippen LogP contribution in [0.1, 0.15) is 52.9 Å². The average Bonchev–Trinajstić information content (AvgIpc) is 2.27. The zero-order valence-electron chi connectivity index (χ0n) is 10.0. The average molecular weight is 198 g/mol. The summed E-state index contributed by atoms with van der Waals surface area (Å²) in [5.41, 5.74) is 6.88. The lowest BCUT2D eigenvalue weighted by Gasteiger charge is -2.31. The monoisotopic (exact) mass is 198 g/mol. The Hall–Kier alpha value is -0.0800. The third kappa shape index (κ3) is 4.43. The molecule has 0 aromatic rings. The van der Waals surface area contributed by atoms with Crippen LogP contribution in [-0.2, 0) is 0 Å². The molecule has 1 unspecified atom stereocenters. The van der Waals surface area contributed by atoms with Gasteiger partial charge in [-0.2, -0.15) is 0 Å². The molecule has 1 rings (SSSR count). The van der Waals surface area contributed by atoms with Crippen molar-refractivity contribution >= 4 is 0 Å². The first kappa shape index (κ1) is 12.0. The van der Waals surface area contributed by atoms with Crippen molar-refractivity contribution in [2.24, 2.45) is 11.1 Å². The van der Waals surface area contributed by atoms with Crippen molar-refractivity contribution in [3.05, 3.63) is 0 Å². The molecule has 2 heteroatoms. The van der Waals surface area contributed by atoms with Crippen molar-refractivity contribution in [1.29, 1.82) is 0 Å². The third-order valence-corrected chi connectivity index (χ3v) is 3.13. The van der Waals surface area contributed by atoms with Crippen molar-refractivity contribution in [2.75, 3.05) is 13.1 Å². The quantitative estimate of drug-likeness (QED) is 0.714. The van der Waals surface area contributed by atoms with E-state index in [1.54, 1.807) is 0 Å². The largest absolute Gasteiger partial charge is 0.324 e. The van der Waals surface area contributed by atoms with Gasteiger partial charge in [0.05, 0.1) is 0 Å². The maximum Gasteiger partial charge on any atom is 0.0281 e. The molecule has 0 aromatic heterocycles. The molecule has 1 heterocycles. The summed E-state index contributed by atoms with van der Waals surface area (Å²) >= 11 is 0. The lowest BCUT2D eigenvalue weighted by atomic mass is 9.81. The lowest BCUT2D eigenvalue weighted by Crippen LogP contribution is -2.48. The Balaban J connectivity index is 2.39. The summed E-state index contributed by atoms with van der Waals surface area (Å²) in [5.74, 6) is 0. The van der Waals surface area contributed by atoms with Crippen LogP contribution in [0.5, 0.6) is 0 Å². The molecule has 0 radical (unpaired) electrons. The molecule has 0 spiro atoms. The normalized spacial score (nSPS) is 30.0. The van der Waals surface area contributed by atoms with Gasteiger partial charge in [-0.1, -0.05) is 27.2 Å². The molecule has 1 aliphatic rings. The van der Waals surface area contributed by atoms with Crippen LogP contribution >= 0.6 is 0 Å². The van der Waals surface area contributed by atoms with Gasteiger partial charge in [0, 0.05) is 12.1 Å². The topological polar surface area (TPSA) is 38.0 Å². The van der Waals surface area contributed by atoms with Crippen LogP contribution in [0.2, 0.25) is 0 Å². The summed E-state index contributed by atoms with van der Waals surface area (Å²) in [6, 6.07) is 0. The summed E-state index contributed by atoms with van der Waals surface area (Å²) in [5, 5.41) is 3.45. The van der Waals surface area contributed by atoms with Gasteiger partial charge in [-0.15, -0.1) is 0 Å². The number of nitrogens with two attached hydrogens (primary N) is 1. The Labute approximate surface area is 88.6 Å². The highest BCUT2D eigenvalue weighted by molar-refractivity contribution is 4.89. The van der Waals surface area contributed by atoms with E-state index in [1.807, 2.05) is 0 Å². The van der Waals surface area contributed by atoms with E-state index >= 15 is 0 Å². The first-order valence-electron chi connectivity index (χ1n) is 5.91. The van der Waals surface area contributed by atoms with Crippen LogP contribution in [0.15, 0.2) is 0 Å². The highest BCUT2D eigenvalue weighted by atomic mass is 14.9. The number of hydrogen-bond donors (Lipinski definition) is 2. The minimum Gasteiger partial charge on any atom is -0.324 e. The molecule has 2 nitrogen and oxygen atoms in total. The number of nitrogens with one attached hydrogen (secondary N) is 1. The molecule has 0 amide bonds. The van der Waals surface area contributed by atoms with Crippen LogP contribution in [0.25, 0.3) is 0 Å². The predicted octanol–water partition coefficient (Wildman–Crippen LogP) is 2.28. The highest BCUT2D eigenvalue weighted by Gasteiger charge is 2.27. The van der Waals surface area contributed by atoms with Crippen molar-refractivity contribution in [1.82, 2.24) is 5.32 Å². The second kappa shape index (κ2) is 4.63. The fourth-order valence-electron chi connectivity index (χ4n) is 1.99. The Bertz CT molecular complexity index is 162. The summed E-state index contributed by atoms with van der Waals surface area (Å²) in [4.78, 5) is 0. The van der Waals surface area contributed by atoms with E-state index in [9.17, 15) is 0 Å². The molecule has 0 aliphatic carbocycles. The maximum atomic E-state index is 6.40. The Kier molecular flexibility index (Phi) is 3.96.